The minimum absolute atomic E-state index is 0.178. The average molecular weight is 447 g/mol. The van der Waals surface area contributed by atoms with E-state index >= 15 is 0 Å². The van der Waals surface area contributed by atoms with Crippen molar-refractivity contribution in [3.05, 3.63) is 46.6 Å². The molecule has 1 aromatic carbocycles. The van der Waals surface area contributed by atoms with Gasteiger partial charge in [0.1, 0.15) is 21.0 Å². The van der Waals surface area contributed by atoms with Crippen molar-refractivity contribution in [2.24, 2.45) is 7.05 Å². The molecule has 5 nitrogen and oxygen atoms in total. The summed E-state index contributed by atoms with van der Waals surface area (Å²) in [5.74, 6) is 0. The van der Waals surface area contributed by atoms with Crippen LogP contribution in [0.3, 0.4) is 0 Å². The molecule has 0 bridgehead atoms. The van der Waals surface area contributed by atoms with Gasteiger partial charge in [-0.1, -0.05) is 40.8 Å². The molecule has 3 rings (SSSR count). The Kier molecular flexibility index (Phi) is 6.38. The van der Waals surface area contributed by atoms with Gasteiger partial charge in [-0.2, -0.15) is 0 Å². The number of thioether (sulfide) groups is 1. The summed E-state index contributed by atoms with van der Waals surface area (Å²) >= 11 is 6.88. The van der Waals surface area contributed by atoms with Crippen LogP contribution in [-0.2, 0) is 17.2 Å². The lowest BCUT2D eigenvalue weighted by Gasteiger charge is -2.05. The van der Waals surface area contributed by atoms with E-state index < -0.39 is 10.1 Å². The van der Waals surface area contributed by atoms with E-state index in [-0.39, 0.29) is 4.90 Å². The summed E-state index contributed by atoms with van der Waals surface area (Å²) in [6.45, 7) is 1.82. The third-order valence-corrected chi connectivity index (χ3v) is 6.28. The highest BCUT2D eigenvalue weighted by Gasteiger charge is 2.14. The van der Waals surface area contributed by atoms with E-state index in [1.165, 1.54) is 16.8 Å². The first kappa shape index (κ1) is 19.3. The Labute approximate surface area is 157 Å². The summed E-state index contributed by atoms with van der Waals surface area (Å²) in [5.41, 5.74) is 1.98. The maximum absolute atomic E-state index is 10.4. The molecule has 9 heteroatoms. The second kappa shape index (κ2) is 7.92. The van der Waals surface area contributed by atoms with Crippen molar-refractivity contribution in [1.82, 2.24) is 4.98 Å². The highest BCUT2D eigenvalue weighted by atomic mass is 79.9. The van der Waals surface area contributed by atoms with E-state index in [9.17, 15) is 13.0 Å². The molecule has 0 aliphatic heterocycles. The highest BCUT2D eigenvalue weighted by Crippen LogP contribution is 2.27. The molecule has 0 atom stereocenters. The van der Waals surface area contributed by atoms with Crippen molar-refractivity contribution in [3.63, 3.8) is 0 Å². The largest absolute Gasteiger partial charge is 0.744 e. The van der Waals surface area contributed by atoms with Crippen LogP contribution in [0.15, 0.2) is 50.2 Å². The second-order valence-corrected chi connectivity index (χ2v) is 9.29. The Morgan fingerprint density at radius 1 is 1.29 bits per heavy atom. The lowest BCUT2D eigenvalue weighted by molar-refractivity contribution is -0.647. The SMILES string of the molecule is CSc1nc2c(cc(Br)c[n+]2C)s1.Cc1ccc(S(=O)(=O)[O-])cc1. The molecule has 0 radical (unpaired) electrons. The van der Waals surface area contributed by atoms with Gasteiger partial charge in [0.15, 0.2) is 0 Å². The van der Waals surface area contributed by atoms with Gasteiger partial charge in [-0.15, -0.1) is 0 Å². The van der Waals surface area contributed by atoms with Gasteiger partial charge >= 0.3 is 5.65 Å². The van der Waals surface area contributed by atoms with Crippen LogP contribution in [0.2, 0.25) is 0 Å². The standard InChI is InChI=1S/C8H8BrN2S2.C7H8O3S/c1-11-4-5(9)3-6-7(11)10-8(12-2)13-6;1-6-2-4-7(5-3-6)11(8,9)10/h3-4H,1-2H3;2-5H,1H3,(H,8,9,10)/q+1;/p-1. The molecule has 0 aliphatic rings. The van der Waals surface area contributed by atoms with Crippen molar-refractivity contribution < 1.29 is 17.5 Å². The highest BCUT2D eigenvalue weighted by molar-refractivity contribution is 9.10. The Balaban J connectivity index is 0.000000177. The molecule has 128 valence electrons. The lowest BCUT2D eigenvalue weighted by Crippen LogP contribution is -2.28. The Hall–Kier alpha value is -1.00. The number of thiazole rings is 1. The molecular weight excluding hydrogens is 432 g/mol. The van der Waals surface area contributed by atoms with E-state index in [1.54, 1.807) is 35.2 Å². The van der Waals surface area contributed by atoms with Crippen LogP contribution in [0.5, 0.6) is 0 Å². The maximum atomic E-state index is 10.4. The van der Waals surface area contributed by atoms with Gasteiger partial charge in [-0.05, 0) is 52.3 Å². The summed E-state index contributed by atoms with van der Waals surface area (Å²) in [7, 11) is -2.26. The zero-order valence-electron chi connectivity index (χ0n) is 13.2. The number of nitrogens with zero attached hydrogens (tertiary/aromatic N) is 2. The molecule has 0 aliphatic carbocycles. The van der Waals surface area contributed by atoms with E-state index in [0.717, 1.165) is 20.0 Å². The smallest absolute Gasteiger partial charge is 0.342 e. The predicted molar refractivity (Wildman–Crippen MR) is 99.4 cm³/mol. The van der Waals surface area contributed by atoms with E-state index in [2.05, 4.69) is 27.0 Å². The van der Waals surface area contributed by atoms with Crippen molar-refractivity contribution in [1.29, 1.82) is 0 Å². The molecule has 2 heterocycles. The molecule has 0 unspecified atom stereocenters. The molecule has 24 heavy (non-hydrogen) atoms. The second-order valence-electron chi connectivity index (χ2n) is 4.91. The van der Waals surface area contributed by atoms with Gasteiger partial charge in [-0.25, -0.2) is 13.0 Å². The summed E-state index contributed by atoms with van der Waals surface area (Å²) in [6.07, 6.45) is 4.07. The molecule has 0 saturated heterocycles. The topological polar surface area (TPSA) is 74.0 Å². The first-order valence-corrected chi connectivity index (χ1v) is 11.0. The van der Waals surface area contributed by atoms with Crippen LogP contribution in [0.1, 0.15) is 5.56 Å². The number of fused-ring (bicyclic) bond motifs is 1. The van der Waals surface area contributed by atoms with E-state index in [4.69, 9.17) is 0 Å². The number of hydrogen-bond acceptors (Lipinski definition) is 6. The normalized spacial score (nSPS) is 11.2. The van der Waals surface area contributed by atoms with Gasteiger partial charge in [-0.3, -0.25) is 0 Å². The van der Waals surface area contributed by atoms with Crippen molar-refractivity contribution >= 4 is 59.5 Å². The number of halogens is 1. The Morgan fingerprint density at radius 3 is 2.46 bits per heavy atom. The fourth-order valence-electron chi connectivity index (χ4n) is 1.85. The quantitative estimate of drug-likeness (QED) is 0.342. The molecule has 0 N–H and O–H groups in total. The fourth-order valence-corrected chi connectivity index (χ4v) is 4.58. The van der Waals surface area contributed by atoms with Gasteiger partial charge in [0, 0.05) is 0 Å². The first-order chi connectivity index (χ1) is 11.2. The summed E-state index contributed by atoms with van der Waals surface area (Å²) in [4.78, 5) is 4.32. The minimum Gasteiger partial charge on any atom is -0.744 e. The van der Waals surface area contributed by atoms with Crippen molar-refractivity contribution in [3.8, 4) is 0 Å². The number of aromatic nitrogens is 2. The minimum atomic E-state index is -4.27. The van der Waals surface area contributed by atoms with E-state index in [1.807, 2.05) is 31.0 Å². The molecule has 3 aromatic rings. The van der Waals surface area contributed by atoms with Crippen molar-refractivity contribution in [2.75, 3.05) is 6.26 Å². The number of aryl methyl sites for hydroxylation is 2. The average Bonchev–Trinajstić information content (AvgIpc) is 2.91. The van der Waals surface area contributed by atoms with Gasteiger partial charge in [0.05, 0.1) is 16.4 Å². The summed E-state index contributed by atoms with van der Waals surface area (Å²) in [5, 5.41) is 0. The van der Waals surface area contributed by atoms with Crippen LogP contribution in [-0.4, -0.2) is 24.2 Å². The maximum Gasteiger partial charge on any atom is 0.342 e. The summed E-state index contributed by atoms with van der Waals surface area (Å²) < 4.78 is 36.6. The van der Waals surface area contributed by atoms with E-state index in [0.29, 0.717) is 0 Å². The van der Waals surface area contributed by atoms with Crippen LogP contribution in [0.25, 0.3) is 10.3 Å². The zero-order valence-corrected chi connectivity index (χ0v) is 17.2. The lowest BCUT2D eigenvalue weighted by atomic mass is 10.2. The van der Waals surface area contributed by atoms with Gasteiger partial charge in [0.2, 0.25) is 0 Å². The zero-order chi connectivity index (χ0) is 17.9. The molecular formula is C15H15BrN2O3S3. The molecule has 0 amide bonds. The van der Waals surface area contributed by atoms with Crippen molar-refractivity contribution in [2.45, 2.75) is 16.2 Å². The third-order valence-electron chi connectivity index (χ3n) is 3.02. The predicted octanol–water partition coefficient (Wildman–Crippen LogP) is 3.50. The fraction of sp³-hybridized carbons (Fsp3) is 0.200. The number of hydrogen-bond donors (Lipinski definition) is 0. The van der Waals surface area contributed by atoms with Gasteiger partial charge in [0.25, 0.3) is 4.34 Å². The van der Waals surface area contributed by atoms with Gasteiger partial charge < -0.3 is 4.55 Å². The number of benzene rings is 1. The molecule has 0 fully saturated rings. The third kappa shape index (κ3) is 5.00. The molecule has 0 saturated carbocycles. The molecule has 2 aromatic heterocycles. The van der Waals surface area contributed by atoms with Crippen LogP contribution < -0.4 is 4.57 Å². The Morgan fingerprint density at radius 2 is 1.92 bits per heavy atom. The first-order valence-electron chi connectivity index (χ1n) is 6.73. The van der Waals surface area contributed by atoms with Crippen LogP contribution >= 0.6 is 39.0 Å². The molecule has 0 spiro atoms. The number of pyridine rings is 1. The summed E-state index contributed by atoms with van der Waals surface area (Å²) in [6, 6.07) is 7.89. The Bertz CT molecular complexity index is 954. The number of rotatable bonds is 2. The van der Waals surface area contributed by atoms with Crippen LogP contribution in [0, 0.1) is 6.92 Å². The monoisotopic (exact) mass is 446 g/mol. The van der Waals surface area contributed by atoms with Crippen LogP contribution in [0.4, 0.5) is 0 Å².